The predicted octanol–water partition coefficient (Wildman–Crippen LogP) is 5.24. The summed E-state index contributed by atoms with van der Waals surface area (Å²) in [6.07, 6.45) is 5.58. The van der Waals surface area contributed by atoms with Gasteiger partial charge in [-0.1, -0.05) is 31.3 Å². The number of benzene rings is 1. The third kappa shape index (κ3) is 5.86. The van der Waals surface area contributed by atoms with Crippen molar-refractivity contribution in [2.45, 2.75) is 43.0 Å². The van der Waals surface area contributed by atoms with Crippen molar-refractivity contribution in [3.8, 4) is 6.07 Å². The summed E-state index contributed by atoms with van der Waals surface area (Å²) in [5.41, 5.74) is 1.27. The molecule has 2 amide bonds. The van der Waals surface area contributed by atoms with Crippen molar-refractivity contribution in [2.75, 3.05) is 13.1 Å². The molecule has 1 fully saturated rings. The number of allylic oxidation sites excluding steroid dienone is 2. The number of rotatable bonds is 6. The molecule has 0 aliphatic carbocycles. The van der Waals surface area contributed by atoms with E-state index >= 15 is 4.39 Å². The van der Waals surface area contributed by atoms with Gasteiger partial charge in [0.1, 0.15) is 0 Å². The standard InChI is InChI=1S/C21H26FN3OS/c1-4-6-18(5-2)24-20(26)25-13-11-17(12-14-25)21(3,22)27-19-9-7-16(15-23)8-10-19/h5-10,17H,2,4,11-14H2,1,3H3,(H,24,26)/b18-6+. The minimum Gasteiger partial charge on any atom is -0.325 e. The van der Waals surface area contributed by atoms with Crippen molar-refractivity contribution < 1.29 is 9.18 Å². The third-order valence-corrected chi connectivity index (χ3v) is 5.95. The lowest BCUT2D eigenvalue weighted by atomic mass is 9.92. The quantitative estimate of drug-likeness (QED) is 0.537. The zero-order valence-corrected chi connectivity index (χ0v) is 16.7. The first-order valence-corrected chi connectivity index (χ1v) is 9.98. The van der Waals surface area contributed by atoms with Crippen LogP contribution in [0.25, 0.3) is 0 Å². The van der Waals surface area contributed by atoms with E-state index in [9.17, 15) is 4.79 Å². The Balaban J connectivity index is 1.91. The van der Waals surface area contributed by atoms with E-state index in [4.69, 9.17) is 5.26 Å². The highest BCUT2D eigenvalue weighted by molar-refractivity contribution is 8.00. The van der Waals surface area contributed by atoms with E-state index in [1.165, 1.54) is 11.8 Å². The van der Waals surface area contributed by atoms with E-state index in [0.717, 1.165) is 11.3 Å². The van der Waals surface area contributed by atoms with Crippen LogP contribution in [0.4, 0.5) is 9.18 Å². The summed E-state index contributed by atoms with van der Waals surface area (Å²) in [7, 11) is 0. The van der Waals surface area contributed by atoms with Crippen LogP contribution in [-0.4, -0.2) is 29.0 Å². The topological polar surface area (TPSA) is 56.1 Å². The number of nitrogens with zero attached hydrogens (tertiary/aromatic N) is 2. The molecular formula is C21H26FN3OS. The summed E-state index contributed by atoms with van der Waals surface area (Å²) >= 11 is 1.18. The van der Waals surface area contributed by atoms with E-state index in [2.05, 4.69) is 18.0 Å². The normalized spacial score (nSPS) is 17.7. The van der Waals surface area contributed by atoms with Crippen molar-refractivity contribution in [1.29, 1.82) is 5.26 Å². The van der Waals surface area contributed by atoms with E-state index in [-0.39, 0.29) is 11.9 Å². The molecule has 1 aliphatic heterocycles. The number of likely N-dealkylation sites (tertiary alicyclic amines) is 1. The molecule has 6 heteroatoms. The molecular weight excluding hydrogens is 361 g/mol. The van der Waals surface area contributed by atoms with Gasteiger partial charge in [-0.15, -0.1) is 0 Å². The monoisotopic (exact) mass is 387 g/mol. The van der Waals surface area contributed by atoms with E-state index in [1.54, 1.807) is 42.2 Å². The van der Waals surface area contributed by atoms with E-state index < -0.39 is 5.00 Å². The summed E-state index contributed by atoms with van der Waals surface area (Å²) in [4.78, 5) is 14.9. The SMILES string of the molecule is C=C/C(=C\CC)NC(=O)N1CCC(C(C)(F)Sc2ccc(C#N)cc2)CC1. The van der Waals surface area contributed by atoms with Gasteiger partial charge in [-0.2, -0.15) is 5.26 Å². The Labute approximate surface area is 165 Å². The number of carbonyl (C=O) groups excluding carboxylic acids is 1. The number of carbonyl (C=O) groups is 1. The van der Waals surface area contributed by atoms with Crippen molar-refractivity contribution in [2.24, 2.45) is 5.92 Å². The van der Waals surface area contributed by atoms with Gasteiger partial charge in [-0.05, 0) is 56.5 Å². The Morgan fingerprint density at radius 2 is 2.07 bits per heavy atom. The highest BCUT2D eigenvalue weighted by Crippen LogP contribution is 2.44. The van der Waals surface area contributed by atoms with Crippen molar-refractivity contribution in [3.63, 3.8) is 0 Å². The van der Waals surface area contributed by atoms with Gasteiger partial charge < -0.3 is 10.2 Å². The molecule has 0 aromatic heterocycles. The lowest BCUT2D eigenvalue weighted by molar-refractivity contribution is 0.120. The Morgan fingerprint density at radius 3 is 2.59 bits per heavy atom. The maximum atomic E-state index is 15.3. The first kappa shape index (κ1) is 21.0. The van der Waals surface area contributed by atoms with Crippen molar-refractivity contribution in [1.82, 2.24) is 10.2 Å². The van der Waals surface area contributed by atoms with Crippen molar-refractivity contribution in [3.05, 3.63) is 54.3 Å². The number of amides is 2. The van der Waals surface area contributed by atoms with Crippen LogP contribution in [0.15, 0.2) is 53.6 Å². The minimum atomic E-state index is -1.43. The van der Waals surface area contributed by atoms with Crippen LogP contribution < -0.4 is 5.32 Å². The maximum Gasteiger partial charge on any atom is 0.321 e. The lowest BCUT2D eigenvalue weighted by Crippen LogP contribution is -2.46. The number of nitrogens with one attached hydrogen (secondary N) is 1. The fourth-order valence-electron chi connectivity index (χ4n) is 3.12. The van der Waals surface area contributed by atoms with Gasteiger partial charge in [0.15, 0.2) is 5.00 Å². The number of halogens is 1. The Kier molecular flexibility index (Phi) is 7.49. The molecule has 0 saturated carbocycles. The zero-order valence-electron chi connectivity index (χ0n) is 15.9. The van der Waals surface area contributed by atoms with Gasteiger partial charge in [0.2, 0.25) is 0 Å². The van der Waals surface area contributed by atoms with Crippen LogP contribution in [-0.2, 0) is 0 Å². The van der Waals surface area contributed by atoms with Crippen LogP contribution in [0.5, 0.6) is 0 Å². The molecule has 2 rings (SSSR count). The fourth-order valence-corrected chi connectivity index (χ4v) is 4.25. The average Bonchev–Trinajstić information content (AvgIpc) is 2.68. The number of hydrogen-bond acceptors (Lipinski definition) is 3. The second-order valence-corrected chi connectivity index (χ2v) is 8.16. The highest BCUT2D eigenvalue weighted by atomic mass is 32.2. The molecule has 0 bridgehead atoms. The number of thioether (sulfide) groups is 1. The van der Waals surface area contributed by atoms with Crippen LogP contribution in [0.1, 0.15) is 38.7 Å². The van der Waals surface area contributed by atoms with Gasteiger partial charge in [0, 0.05) is 29.6 Å². The van der Waals surface area contributed by atoms with Gasteiger partial charge in [-0.25, -0.2) is 9.18 Å². The number of urea groups is 1. The van der Waals surface area contributed by atoms with Gasteiger partial charge >= 0.3 is 6.03 Å². The molecule has 1 aromatic carbocycles. The predicted molar refractivity (Wildman–Crippen MR) is 108 cm³/mol. The molecule has 0 radical (unpaired) electrons. The lowest BCUT2D eigenvalue weighted by Gasteiger charge is -2.37. The minimum absolute atomic E-state index is 0.132. The summed E-state index contributed by atoms with van der Waals surface area (Å²) in [6, 6.07) is 8.86. The molecule has 0 spiro atoms. The Morgan fingerprint density at radius 1 is 1.44 bits per heavy atom. The first-order chi connectivity index (χ1) is 12.9. The Bertz CT molecular complexity index is 729. The molecule has 1 heterocycles. The molecule has 27 heavy (non-hydrogen) atoms. The van der Waals surface area contributed by atoms with Gasteiger partial charge in [0.05, 0.1) is 11.6 Å². The van der Waals surface area contributed by atoms with Crippen molar-refractivity contribution >= 4 is 17.8 Å². The second kappa shape index (κ2) is 9.61. The summed E-state index contributed by atoms with van der Waals surface area (Å²) in [5, 5.41) is 10.3. The van der Waals surface area contributed by atoms with Gasteiger partial charge in [-0.3, -0.25) is 0 Å². The second-order valence-electron chi connectivity index (χ2n) is 6.69. The van der Waals surface area contributed by atoms with Crippen LogP contribution in [0.3, 0.4) is 0 Å². The Hall–Kier alpha value is -2.26. The molecule has 4 nitrogen and oxygen atoms in total. The van der Waals surface area contributed by atoms with E-state index in [1.807, 2.05) is 13.0 Å². The maximum absolute atomic E-state index is 15.3. The zero-order chi connectivity index (χ0) is 19.9. The van der Waals surface area contributed by atoms with Crippen LogP contribution in [0, 0.1) is 17.2 Å². The number of alkyl halides is 1. The summed E-state index contributed by atoms with van der Waals surface area (Å²) < 4.78 is 15.3. The molecule has 1 aliphatic rings. The molecule has 1 saturated heterocycles. The fraction of sp³-hybridized carbons (Fsp3) is 0.429. The van der Waals surface area contributed by atoms with Crippen LogP contribution >= 0.6 is 11.8 Å². The molecule has 1 atom stereocenters. The molecule has 1 aromatic rings. The summed E-state index contributed by atoms with van der Waals surface area (Å²) in [6.45, 7) is 8.36. The first-order valence-electron chi connectivity index (χ1n) is 9.16. The van der Waals surface area contributed by atoms with Crippen LogP contribution in [0.2, 0.25) is 0 Å². The molecule has 1 N–H and O–H groups in total. The smallest absolute Gasteiger partial charge is 0.321 e. The third-order valence-electron chi connectivity index (χ3n) is 4.71. The highest BCUT2D eigenvalue weighted by Gasteiger charge is 2.38. The van der Waals surface area contributed by atoms with Gasteiger partial charge in [0.25, 0.3) is 0 Å². The molecule has 1 unspecified atom stereocenters. The van der Waals surface area contributed by atoms with E-state index in [0.29, 0.717) is 37.2 Å². The summed E-state index contributed by atoms with van der Waals surface area (Å²) in [5.74, 6) is -0.132. The number of nitriles is 1. The average molecular weight is 388 g/mol. The number of piperidine rings is 1. The molecule has 144 valence electrons. The largest absolute Gasteiger partial charge is 0.325 e. The number of hydrogen-bond donors (Lipinski definition) is 1.